The molecule has 0 saturated heterocycles. The van der Waals surface area contributed by atoms with E-state index in [4.69, 9.17) is 15.2 Å². The second kappa shape index (κ2) is 6.43. The van der Waals surface area contributed by atoms with Crippen molar-refractivity contribution in [3.8, 4) is 5.75 Å². The summed E-state index contributed by atoms with van der Waals surface area (Å²) in [5, 5.41) is 0. The first kappa shape index (κ1) is 12.0. The molecule has 0 aromatic heterocycles. The fraction of sp³-hybridized carbons (Fsp3) is 0.500. The predicted molar refractivity (Wildman–Crippen MR) is 60.8 cm³/mol. The van der Waals surface area contributed by atoms with Crippen molar-refractivity contribution in [3.05, 3.63) is 29.3 Å². The highest BCUT2D eigenvalue weighted by Crippen LogP contribution is 2.20. The molecule has 0 heterocycles. The summed E-state index contributed by atoms with van der Waals surface area (Å²) in [5.41, 5.74) is 7.73. The minimum atomic E-state index is 0.499. The van der Waals surface area contributed by atoms with E-state index in [9.17, 15) is 0 Å². The number of nitrogens with two attached hydrogens (primary N) is 1. The average Bonchev–Trinajstić information content (AvgIpc) is 2.29. The predicted octanol–water partition coefficient (Wildman–Crippen LogP) is 2.08. The molecule has 0 radical (unpaired) electrons. The van der Waals surface area contributed by atoms with Gasteiger partial charge < -0.3 is 15.2 Å². The molecule has 1 aromatic carbocycles. The van der Waals surface area contributed by atoms with Crippen LogP contribution in [0.25, 0.3) is 0 Å². The molecule has 1 aromatic rings. The maximum Gasteiger partial charge on any atom is 0.123 e. The minimum absolute atomic E-state index is 0.499. The van der Waals surface area contributed by atoms with Crippen molar-refractivity contribution in [3.63, 3.8) is 0 Å². The smallest absolute Gasteiger partial charge is 0.123 e. The van der Waals surface area contributed by atoms with E-state index in [1.807, 2.05) is 18.2 Å². The Labute approximate surface area is 91.2 Å². The summed E-state index contributed by atoms with van der Waals surface area (Å²) in [7, 11) is 1.66. The summed E-state index contributed by atoms with van der Waals surface area (Å²) in [5.74, 6) is 0.843. The van der Waals surface area contributed by atoms with E-state index in [1.54, 1.807) is 7.11 Å². The molecule has 3 nitrogen and oxygen atoms in total. The van der Waals surface area contributed by atoms with Gasteiger partial charge in [-0.05, 0) is 18.1 Å². The minimum Gasteiger partial charge on any atom is -0.496 e. The third-order valence-electron chi connectivity index (χ3n) is 2.19. The van der Waals surface area contributed by atoms with E-state index in [0.29, 0.717) is 13.2 Å². The zero-order valence-corrected chi connectivity index (χ0v) is 9.45. The van der Waals surface area contributed by atoms with Gasteiger partial charge in [0.1, 0.15) is 5.75 Å². The summed E-state index contributed by atoms with van der Waals surface area (Å²) in [6.07, 6.45) is 1.04. The number of benzene rings is 1. The second-order valence-electron chi connectivity index (χ2n) is 3.40. The second-order valence-corrected chi connectivity index (χ2v) is 3.40. The van der Waals surface area contributed by atoms with Gasteiger partial charge in [0, 0.05) is 18.7 Å². The molecular formula is C12H19NO2. The van der Waals surface area contributed by atoms with Crippen molar-refractivity contribution < 1.29 is 9.47 Å². The first-order valence-corrected chi connectivity index (χ1v) is 5.25. The van der Waals surface area contributed by atoms with Crippen LogP contribution in [0.1, 0.15) is 24.5 Å². The summed E-state index contributed by atoms with van der Waals surface area (Å²) >= 11 is 0. The molecule has 0 aliphatic carbocycles. The molecule has 0 fully saturated rings. The van der Waals surface area contributed by atoms with Crippen molar-refractivity contribution >= 4 is 0 Å². The van der Waals surface area contributed by atoms with Crippen LogP contribution in [0, 0.1) is 0 Å². The fourth-order valence-electron chi connectivity index (χ4n) is 1.38. The van der Waals surface area contributed by atoms with Crippen molar-refractivity contribution in [2.75, 3.05) is 13.7 Å². The lowest BCUT2D eigenvalue weighted by atomic mass is 10.1. The van der Waals surface area contributed by atoms with Gasteiger partial charge in [-0.25, -0.2) is 0 Å². The summed E-state index contributed by atoms with van der Waals surface area (Å²) in [4.78, 5) is 0. The average molecular weight is 209 g/mol. The highest BCUT2D eigenvalue weighted by molar-refractivity contribution is 5.37. The standard InChI is InChI=1S/C12H19NO2/c1-3-6-15-9-10-4-5-11(8-13)12(7-10)14-2/h4-5,7H,3,6,8-9,13H2,1-2H3. The van der Waals surface area contributed by atoms with Crippen LogP contribution in [-0.4, -0.2) is 13.7 Å². The third-order valence-corrected chi connectivity index (χ3v) is 2.19. The number of ether oxygens (including phenoxy) is 2. The van der Waals surface area contributed by atoms with E-state index in [1.165, 1.54) is 0 Å². The first-order valence-electron chi connectivity index (χ1n) is 5.25. The normalized spacial score (nSPS) is 10.3. The Morgan fingerprint density at radius 1 is 1.33 bits per heavy atom. The van der Waals surface area contributed by atoms with Crippen LogP contribution in [0.2, 0.25) is 0 Å². The highest BCUT2D eigenvalue weighted by Gasteiger charge is 2.02. The molecule has 3 heteroatoms. The third kappa shape index (κ3) is 3.53. The van der Waals surface area contributed by atoms with Gasteiger partial charge in [-0.2, -0.15) is 0 Å². The van der Waals surface area contributed by atoms with Gasteiger partial charge in [0.05, 0.1) is 13.7 Å². The van der Waals surface area contributed by atoms with Crippen LogP contribution in [-0.2, 0) is 17.9 Å². The van der Waals surface area contributed by atoms with E-state index in [2.05, 4.69) is 6.92 Å². The van der Waals surface area contributed by atoms with Gasteiger partial charge in [-0.1, -0.05) is 19.1 Å². The van der Waals surface area contributed by atoms with Crippen LogP contribution < -0.4 is 10.5 Å². The maximum absolute atomic E-state index is 5.59. The summed E-state index contributed by atoms with van der Waals surface area (Å²) in [6.45, 7) is 4.02. The summed E-state index contributed by atoms with van der Waals surface area (Å²) < 4.78 is 10.7. The Morgan fingerprint density at radius 2 is 2.13 bits per heavy atom. The molecule has 0 atom stereocenters. The molecule has 0 unspecified atom stereocenters. The Bertz CT molecular complexity index is 300. The van der Waals surface area contributed by atoms with Crippen molar-refractivity contribution in [2.45, 2.75) is 26.5 Å². The monoisotopic (exact) mass is 209 g/mol. The Kier molecular flexibility index (Phi) is 5.15. The molecule has 0 bridgehead atoms. The molecule has 1 rings (SSSR count). The molecule has 0 amide bonds. The van der Waals surface area contributed by atoms with Crippen molar-refractivity contribution in [1.29, 1.82) is 0 Å². The maximum atomic E-state index is 5.59. The summed E-state index contributed by atoms with van der Waals surface area (Å²) in [6, 6.07) is 6.00. The molecule has 15 heavy (non-hydrogen) atoms. The lowest BCUT2D eigenvalue weighted by molar-refractivity contribution is 0.121. The number of rotatable bonds is 6. The lowest BCUT2D eigenvalue weighted by Gasteiger charge is -2.09. The molecule has 0 aliphatic rings. The van der Waals surface area contributed by atoms with Gasteiger partial charge in [-0.15, -0.1) is 0 Å². The molecule has 0 saturated carbocycles. The highest BCUT2D eigenvalue weighted by atomic mass is 16.5. The number of methoxy groups -OCH3 is 1. The number of hydrogen-bond acceptors (Lipinski definition) is 3. The van der Waals surface area contributed by atoms with Crippen LogP contribution >= 0.6 is 0 Å². The molecular weight excluding hydrogens is 190 g/mol. The van der Waals surface area contributed by atoms with Gasteiger partial charge >= 0.3 is 0 Å². The Morgan fingerprint density at radius 3 is 2.73 bits per heavy atom. The topological polar surface area (TPSA) is 44.5 Å². The SMILES string of the molecule is CCCOCc1ccc(CN)c(OC)c1. The van der Waals surface area contributed by atoms with Crippen LogP contribution in [0.4, 0.5) is 0 Å². The molecule has 84 valence electrons. The van der Waals surface area contributed by atoms with Crippen molar-refractivity contribution in [1.82, 2.24) is 0 Å². The number of hydrogen-bond donors (Lipinski definition) is 1. The zero-order valence-electron chi connectivity index (χ0n) is 9.45. The van der Waals surface area contributed by atoms with Crippen LogP contribution in [0.3, 0.4) is 0 Å². The van der Waals surface area contributed by atoms with Crippen LogP contribution in [0.15, 0.2) is 18.2 Å². The van der Waals surface area contributed by atoms with E-state index >= 15 is 0 Å². The van der Waals surface area contributed by atoms with Gasteiger partial charge in [-0.3, -0.25) is 0 Å². The van der Waals surface area contributed by atoms with E-state index < -0.39 is 0 Å². The molecule has 0 aliphatic heterocycles. The van der Waals surface area contributed by atoms with Gasteiger partial charge in [0.25, 0.3) is 0 Å². The quantitative estimate of drug-likeness (QED) is 0.729. The Balaban J connectivity index is 2.66. The van der Waals surface area contributed by atoms with Gasteiger partial charge in [0.2, 0.25) is 0 Å². The largest absolute Gasteiger partial charge is 0.496 e. The fourth-order valence-corrected chi connectivity index (χ4v) is 1.38. The van der Waals surface area contributed by atoms with E-state index in [-0.39, 0.29) is 0 Å². The first-order chi connectivity index (χ1) is 7.31. The lowest BCUT2D eigenvalue weighted by Crippen LogP contribution is -2.01. The van der Waals surface area contributed by atoms with Crippen molar-refractivity contribution in [2.24, 2.45) is 5.73 Å². The molecule has 2 N–H and O–H groups in total. The van der Waals surface area contributed by atoms with Gasteiger partial charge in [0.15, 0.2) is 0 Å². The van der Waals surface area contributed by atoms with E-state index in [0.717, 1.165) is 29.9 Å². The van der Waals surface area contributed by atoms with Crippen LogP contribution in [0.5, 0.6) is 5.75 Å². The molecule has 0 spiro atoms. The zero-order chi connectivity index (χ0) is 11.1. The Hall–Kier alpha value is -1.06.